The van der Waals surface area contributed by atoms with Gasteiger partial charge in [-0.25, -0.2) is 0 Å². The second kappa shape index (κ2) is 5.65. The smallest absolute Gasteiger partial charge is 0.0323 e. The van der Waals surface area contributed by atoms with Gasteiger partial charge in [-0.15, -0.1) is 0 Å². The van der Waals surface area contributed by atoms with E-state index in [1.807, 2.05) is 0 Å². The molecule has 0 spiro atoms. The van der Waals surface area contributed by atoms with Crippen molar-refractivity contribution < 1.29 is 0 Å². The Bertz CT molecular complexity index is 336. The summed E-state index contributed by atoms with van der Waals surface area (Å²) >= 11 is 0. The first-order valence-electron chi connectivity index (χ1n) is 6.76. The molecule has 1 aromatic carbocycles. The molecular weight excluding hydrogens is 208 g/mol. The molecule has 94 valence electrons. The van der Waals surface area contributed by atoms with Gasteiger partial charge in [0.1, 0.15) is 0 Å². The van der Waals surface area contributed by atoms with Crippen molar-refractivity contribution in [1.29, 1.82) is 0 Å². The highest BCUT2D eigenvalue weighted by atomic mass is 15.2. The summed E-state index contributed by atoms with van der Waals surface area (Å²) in [5, 5.41) is 3.61. The molecule has 2 heteroatoms. The minimum absolute atomic E-state index is 0.516. The van der Waals surface area contributed by atoms with Gasteiger partial charge in [0.2, 0.25) is 0 Å². The summed E-state index contributed by atoms with van der Waals surface area (Å²) in [5.74, 6) is 0. The standard InChI is InChI=1S/C15H24N2/c1-4-15-11-17(12(2)10-16-15)13(3)14-8-6-5-7-9-14/h5-9,12-13,15-16H,4,10-11H2,1-3H3. The van der Waals surface area contributed by atoms with Gasteiger partial charge in [0.05, 0.1) is 0 Å². The van der Waals surface area contributed by atoms with Crippen molar-refractivity contribution >= 4 is 0 Å². The van der Waals surface area contributed by atoms with E-state index in [0.717, 1.165) is 13.1 Å². The van der Waals surface area contributed by atoms with Crippen LogP contribution in [-0.4, -0.2) is 30.1 Å². The Labute approximate surface area is 105 Å². The molecule has 1 N–H and O–H groups in total. The third-order valence-electron chi connectivity index (χ3n) is 3.97. The van der Waals surface area contributed by atoms with Crippen LogP contribution < -0.4 is 5.32 Å². The minimum atomic E-state index is 0.516. The molecule has 0 bridgehead atoms. The Morgan fingerprint density at radius 3 is 2.71 bits per heavy atom. The van der Waals surface area contributed by atoms with Gasteiger partial charge < -0.3 is 5.32 Å². The van der Waals surface area contributed by atoms with Crippen LogP contribution in [0.2, 0.25) is 0 Å². The quantitative estimate of drug-likeness (QED) is 0.862. The number of benzene rings is 1. The average Bonchev–Trinajstić information content (AvgIpc) is 2.39. The van der Waals surface area contributed by atoms with Gasteiger partial charge in [-0.2, -0.15) is 0 Å². The van der Waals surface area contributed by atoms with E-state index in [1.165, 1.54) is 12.0 Å². The molecule has 0 aromatic heterocycles. The first kappa shape index (κ1) is 12.6. The minimum Gasteiger partial charge on any atom is -0.311 e. The van der Waals surface area contributed by atoms with Gasteiger partial charge in [-0.05, 0) is 25.8 Å². The van der Waals surface area contributed by atoms with Crippen LogP contribution >= 0.6 is 0 Å². The Morgan fingerprint density at radius 2 is 2.06 bits per heavy atom. The summed E-state index contributed by atoms with van der Waals surface area (Å²) in [6.45, 7) is 9.17. The molecule has 3 unspecified atom stereocenters. The van der Waals surface area contributed by atoms with Crippen LogP contribution in [0.1, 0.15) is 38.8 Å². The molecule has 1 aromatic rings. The molecule has 1 fully saturated rings. The number of nitrogens with zero attached hydrogens (tertiary/aromatic N) is 1. The maximum Gasteiger partial charge on any atom is 0.0323 e. The summed E-state index contributed by atoms with van der Waals surface area (Å²) in [6.07, 6.45) is 1.21. The van der Waals surface area contributed by atoms with Crippen LogP contribution in [0.5, 0.6) is 0 Å². The van der Waals surface area contributed by atoms with E-state index >= 15 is 0 Å². The SMILES string of the molecule is CCC1CN(C(C)c2ccccc2)C(C)CN1. The van der Waals surface area contributed by atoms with Crippen LogP contribution in [-0.2, 0) is 0 Å². The fraction of sp³-hybridized carbons (Fsp3) is 0.600. The first-order chi connectivity index (χ1) is 8.22. The van der Waals surface area contributed by atoms with Gasteiger partial charge in [0, 0.05) is 31.2 Å². The highest BCUT2D eigenvalue weighted by Gasteiger charge is 2.27. The normalized spacial score (nSPS) is 27.9. The Hall–Kier alpha value is -0.860. The highest BCUT2D eigenvalue weighted by molar-refractivity contribution is 5.18. The molecule has 2 rings (SSSR count). The number of hydrogen-bond donors (Lipinski definition) is 1. The maximum absolute atomic E-state index is 3.61. The van der Waals surface area contributed by atoms with E-state index in [1.54, 1.807) is 0 Å². The molecule has 1 heterocycles. The zero-order valence-electron chi connectivity index (χ0n) is 11.2. The largest absolute Gasteiger partial charge is 0.311 e. The number of piperazine rings is 1. The number of hydrogen-bond acceptors (Lipinski definition) is 2. The lowest BCUT2D eigenvalue weighted by molar-refractivity contribution is 0.0975. The molecule has 3 atom stereocenters. The fourth-order valence-electron chi connectivity index (χ4n) is 2.69. The average molecular weight is 232 g/mol. The third kappa shape index (κ3) is 2.88. The van der Waals surface area contributed by atoms with E-state index in [2.05, 4.69) is 61.3 Å². The van der Waals surface area contributed by atoms with E-state index in [-0.39, 0.29) is 0 Å². The first-order valence-corrected chi connectivity index (χ1v) is 6.76. The molecule has 0 saturated carbocycles. The lowest BCUT2D eigenvalue weighted by Crippen LogP contribution is -2.55. The molecule has 1 aliphatic rings. The van der Waals surface area contributed by atoms with Gasteiger partial charge >= 0.3 is 0 Å². The number of rotatable bonds is 3. The molecule has 0 aliphatic carbocycles. The molecule has 1 saturated heterocycles. The zero-order chi connectivity index (χ0) is 12.3. The molecule has 2 nitrogen and oxygen atoms in total. The Kier molecular flexibility index (Phi) is 4.19. The van der Waals surface area contributed by atoms with Gasteiger partial charge in [-0.3, -0.25) is 4.90 Å². The Balaban J connectivity index is 2.09. The van der Waals surface area contributed by atoms with E-state index in [0.29, 0.717) is 18.1 Å². The van der Waals surface area contributed by atoms with Crippen molar-refractivity contribution in [3.05, 3.63) is 35.9 Å². The second-order valence-electron chi connectivity index (χ2n) is 5.15. The van der Waals surface area contributed by atoms with Crippen molar-refractivity contribution in [2.24, 2.45) is 0 Å². The van der Waals surface area contributed by atoms with Crippen LogP contribution in [0.4, 0.5) is 0 Å². The topological polar surface area (TPSA) is 15.3 Å². The van der Waals surface area contributed by atoms with E-state index in [4.69, 9.17) is 0 Å². The predicted octanol–water partition coefficient (Wildman–Crippen LogP) is 2.82. The van der Waals surface area contributed by atoms with Crippen LogP contribution in [0.3, 0.4) is 0 Å². The van der Waals surface area contributed by atoms with Crippen molar-refractivity contribution in [2.45, 2.75) is 45.3 Å². The Morgan fingerprint density at radius 1 is 1.35 bits per heavy atom. The summed E-state index contributed by atoms with van der Waals surface area (Å²) < 4.78 is 0. The van der Waals surface area contributed by atoms with Crippen molar-refractivity contribution in [3.63, 3.8) is 0 Å². The summed E-state index contributed by atoms with van der Waals surface area (Å²) in [4.78, 5) is 2.62. The van der Waals surface area contributed by atoms with E-state index < -0.39 is 0 Å². The maximum atomic E-state index is 3.61. The second-order valence-corrected chi connectivity index (χ2v) is 5.15. The van der Waals surface area contributed by atoms with Gasteiger partial charge in [0.25, 0.3) is 0 Å². The fourth-order valence-corrected chi connectivity index (χ4v) is 2.69. The van der Waals surface area contributed by atoms with Crippen LogP contribution in [0.25, 0.3) is 0 Å². The molecule has 0 amide bonds. The lowest BCUT2D eigenvalue weighted by Gasteiger charge is -2.42. The third-order valence-corrected chi connectivity index (χ3v) is 3.97. The van der Waals surface area contributed by atoms with Crippen LogP contribution in [0, 0.1) is 0 Å². The van der Waals surface area contributed by atoms with Crippen molar-refractivity contribution in [2.75, 3.05) is 13.1 Å². The van der Waals surface area contributed by atoms with E-state index in [9.17, 15) is 0 Å². The van der Waals surface area contributed by atoms with Crippen molar-refractivity contribution in [3.8, 4) is 0 Å². The molecule has 0 radical (unpaired) electrons. The van der Waals surface area contributed by atoms with Crippen LogP contribution in [0.15, 0.2) is 30.3 Å². The molecule has 1 aliphatic heterocycles. The monoisotopic (exact) mass is 232 g/mol. The lowest BCUT2D eigenvalue weighted by atomic mass is 10.0. The summed E-state index contributed by atoms with van der Waals surface area (Å²) in [5.41, 5.74) is 1.43. The molecule has 17 heavy (non-hydrogen) atoms. The molecular formula is C15H24N2. The highest BCUT2D eigenvalue weighted by Crippen LogP contribution is 2.24. The van der Waals surface area contributed by atoms with Crippen molar-refractivity contribution in [1.82, 2.24) is 10.2 Å². The van der Waals surface area contributed by atoms with Gasteiger partial charge in [0.15, 0.2) is 0 Å². The van der Waals surface area contributed by atoms with Gasteiger partial charge in [-0.1, -0.05) is 37.3 Å². The number of nitrogens with one attached hydrogen (secondary N) is 1. The zero-order valence-corrected chi connectivity index (χ0v) is 11.2. The summed E-state index contributed by atoms with van der Waals surface area (Å²) in [6, 6.07) is 12.6. The predicted molar refractivity (Wildman–Crippen MR) is 73.1 cm³/mol. The summed E-state index contributed by atoms with van der Waals surface area (Å²) in [7, 11) is 0.